The summed E-state index contributed by atoms with van der Waals surface area (Å²) in [5, 5.41) is 8.27. The number of rotatable bonds is 12. The van der Waals surface area contributed by atoms with E-state index in [9.17, 15) is 14.2 Å². The molecule has 0 saturated heterocycles. The van der Waals surface area contributed by atoms with E-state index in [0.717, 1.165) is 11.3 Å². The number of nitrogens with zero attached hydrogens (tertiary/aromatic N) is 3. The van der Waals surface area contributed by atoms with Gasteiger partial charge in [0.1, 0.15) is 0 Å². The molecule has 0 bridgehead atoms. The maximum Gasteiger partial charge on any atom is 0.510 e. The van der Waals surface area contributed by atoms with E-state index < -0.39 is 45.7 Å². The highest BCUT2D eigenvalue weighted by molar-refractivity contribution is 7.54. The van der Waals surface area contributed by atoms with Gasteiger partial charge in [-0.2, -0.15) is 0 Å². The summed E-state index contributed by atoms with van der Waals surface area (Å²) in [6, 6.07) is 0. The van der Waals surface area contributed by atoms with Crippen LogP contribution in [0.3, 0.4) is 0 Å². The van der Waals surface area contributed by atoms with Gasteiger partial charge in [0.15, 0.2) is 0 Å². The maximum absolute atomic E-state index is 13.1. The van der Waals surface area contributed by atoms with Crippen LogP contribution in [0, 0.1) is 0 Å². The van der Waals surface area contributed by atoms with Crippen molar-refractivity contribution < 1.29 is 42.1 Å². The Bertz CT molecular complexity index is 843. The molecule has 0 aliphatic heterocycles. The molecule has 0 aliphatic rings. The van der Waals surface area contributed by atoms with Gasteiger partial charge >= 0.3 is 19.9 Å². The third-order valence-electron chi connectivity index (χ3n) is 3.90. The third-order valence-corrected chi connectivity index (χ3v) is 5.53. The van der Waals surface area contributed by atoms with Gasteiger partial charge in [-0.3, -0.25) is 13.6 Å². The number of aromatic nitrogens is 3. The lowest BCUT2D eigenvalue weighted by atomic mass is 9.93. The molecule has 0 saturated carbocycles. The summed E-state index contributed by atoms with van der Waals surface area (Å²) in [5.74, 6) is 0. The molecule has 1 aromatic rings. The van der Waals surface area contributed by atoms with Gasteiger partial charge in [-0.05, 0) is 34.6 Å². The first-order valence-corrected chi connectivity index (χ1v) is 12.5. The molecule has 194 valence electrons. The molecular weight excluding hydrogens is 469 g/mol. The molecule has 0 radical (unpaired) electrons. The highest BCUT2D eigenvalue weighted by atomic mass is 31.2. The molecular formula is C21H36N3O9P. The third kappa shape index (κ3) is 12.2. The average Bonchev–Trinajstić information content (AvgIpc) is 3.14. The maximum atomic E-state index is 13.1. The number of allylic oxidation sites excluding steroid dienone is 2. The van der Waals surface area contributed by atoms with Crippen molar-refractivity contribution in [2.75, 3.05) is 19.7 Å². The molecule has 1 rings (SSSR count). The van der Waals surface area contributed by atoms with Gasteiger partial charge in [-0.25, -0.2) is 14.3 Å². The van der Waals surface area contributed by atoms with Crippen molar-refractivity contribution in [2.45, 2.75) is 79.6 Å². The SMILES string of the molecule is C/C(=C\CP(=O)(OCOC(=O)OC(C)C)OCOC(=O)OC(C)C)Cn1cc(C(C)(C)C)nn1. The van der Waals surface area contributed by atoms with Crippen LogP contribution in [0.25, 0.3) is 0 Å². The summed E-state index contributed by atoms with van der Waals surface area (Å²) in [4.78, 5) is 23.0. The lowest BCUT2D eigenvalue weighted by Gasteiger charge is -2.18. The second-order valence-corrected chi connectivity index (χ2v) is 11.1. The molecule has 0 amide bonds. The van der Waals surface area contributed by atoms with Crippen molar-refractivity contribution in [3.8, 4) is 0 Å². The fourth-order valence-corrected chi connectivity index (χ4v) is 3.46. The van der Waals surface area contributed by atoms with Crippen molar-refractivity contribution in [1.82, 2.24) is 15.0 Å². The lowest BCUT2D eigenvalue weighted by molar-refractivity contribution is -0.0298. The molecule has 0 aromatic carbocycles. The van der Waals surface area contributed by atoms with E-state index in [1.165, 1.54) is 0 Å². The van der Waals surface area contributed by atoms with E-state index in [4.69, 9.17) is 28.0 Å². The second kappa shape index (κ2) is 13.5. The van der Waals surface area contributed by atoms with E-state index in [2.05, 4.69) is 10.3 Å². The summed E-state index contributed by atoms with van der Waals surface area (Å²) in [6.07, 6.45) is 0.556. The Morgan fingerprint density at radius 2 is 1.53 bits per heavy atom. The van der Waals surface area contributed by atoms with Crippen molar-refractivity contribution in [3.63, 3.8) is 0 Å². The zero-order valence-electron chi connectivity index (χ0n) is 21.1. The first-order valence-electron chi connectivity index (χ1n) is 10.8. The first kappa shape index (κ1) is 29.6. The van der Waals surface area contributed by atoms with Crippen LogP contribution in [0.1, 0.15) is 61.1 Å². The van der Waals surface area contributed by atoms with Crippen LogP contribution >= 0.6 is 7.60 Å². The molecule has 0 atom stereocenters. The van der Waals surface area contributed by atoms with Crippen LogP contribution < -0.4 is 0 Å². The summed E-state index contributed by atoms with van der Waals surface area (Å²) in [6.45, 7) is 13.6. The van der Waals surface area contributed by atoms with Crippen molar-refractivity contribution in [3.05, 3.63) is 23.5 Å². The van der Waals surface area contributed by atoms with Gasteiger partial charge < -0.3 is 18.9 Å². The standard InChI is InChI=1S/C21H36N3O9P/c1-15(2)32-19(25)28-13-30-34(27,31-14-29-20(26)33-16(3)4)10-9-17(5)11-24-12-18(22-23-24)21(6,7)8/h9,12,15-16H,10-11,13-14H2,1-8H3/b17-9+. The van der Waals surface area contributed by atoms with Gasteiger partial charge in [0, 0.05) is 11.6 Å². The van der Waals surface area contributed by atoms with E-state index in [-0.39, 0.29) is 11.6 Å². The van der Waals surface area contributed by atoms with Crippen LogP contribution in [-0.4, -0.2) is 59.3 Å². The smallest absolute Gasteiger partial charge is 0.432 e. The van der Waals surface area contributed by atoms with E-state index in [1.54, 1.807) is 38.5 Å². The van der Waals surface area contributed by atoms with Gasteiger partial charge in [-0.1, -0.05) is 37.6 Å². The largest absolute Gasteiger partial charge is 0.510 e. The van der Waals surface area contributed by atoms with Crippen LogP contribution in [0.15, 0.2) is 17.8 Å². The normalized spacial score (nSPS) is 12.7. The van der Waals surface area contributed by atoms with Crippen LogP contribution in [0.5, 0.6) is 0 Å². The Morgan fingerprint density at radius 3 is 1.94 bits per heavy atom. The summed E-state index contributed by atoms with van der Waals surface area (Å²) in [5.41, 5.74) is 1.51. The molecule has 34 heavy (non-hydrogen) atoms. The first-order chi connectivity index (χ1) is 15.7. The zero-order chi connectivity index (χ0) is 25.9. The Morgan fingerprint density at radius 1 is 1.03 bits per heavy atom. The molecule has 13 heteroatoms. The Labute approximate surface area is 200 Å². The number of carbonyl (C=O) groups is 2. The number of hydrogen-bond donors (Lipinski definition) is 0. The average molecular weight is 506 g/mol. The van der Waals surface area contributed by atoms with E-state index in [0.29, 0.717) is 6.54 Å². The Hall–Kier alpha value is -2.43. The van der Waals surface area contributed by atoms with E-state index >= 15 is 0 Å². The Kier molecular flexibility index (Phi) is 11.7. The van der Waals surface area contributed by atoms with Crippen LogP contribution in [0.2, 0.25) is 0 Å². The summed E-state index contributed by atoms with van der Waals surface area (Å²) >= 11 is 0. The zero-order valence-corrected chi connectivity index (χ0v) is 22.0. The molecule has 1 aromatic heterocycles. The van der Waals surface area contributed by atoms with Crippen molar-refractivity contribution in [1.29, 1.82) is 0 Å². The minimum absolute atomic E-state index is 0.138. The number of hydrogen-bond acceptors (Lipinski definition) is 11. The van der Waals surface area contributed by atoms with Gasteiger partial charge in [0.2, 0.25) is 13.6 Å². The molecule has 0 aliphatic carbocycles. The van der Waals surface area contributed by atoms with E-state index in [1.807, 2.05) is 33.9 Å². The minimum atomic E-state index is -3.87. The van der Waals surface area contributed by atoms with Gasteiger partial charge in [0.05, 0.1) is 30.6 Å². The van der Waals surface area contributed by atoms with Gasteiger partial charge in [-0.15, -0.1) is 5.10 Å². The van der Waals surface area contributed by atoms with Crippen molar-refractivity contribution in [2.24, 2.45) is 0 Å². The summed E-state index contributed by atoms with van der Waals surface area (Å²) < 4.78 is 44.3. The fourth-order valence-electron chi connectivity index (χ4n) is 2.21. The molecule has 12 nitrogen and oxygen atoms in total. The molecule has 0 fully saturated rings. The predicted molar refractivity (Wildman–Crippen MR) is 122 cm³/mol. The predicted octanol–water partition coefficient (Wildman–Crippen LogP) is 4.79. The number of carbonyl (C=O) groups excluding carboxylic acids is 2. The van der Waals surface area contributed by atoms with Gasteiger partial charge in [0.25, 0.3) is 0 Å². The minimum Gasteiger partial charge on any atom is -0.432 e. The monoisotopic (exact) mass is 505 g/mol. The highest BCUT2D eigenvalue weighted by Crippen LogP contribution is 2.48. The number of ether oxygens (including phenoxy) is 4. The van der Waals surface area contributed by atoms with Crippen LogP contribution in [-0.2, 0) is 44.5 Å². The topological polar surface area (TPSA) is 137 Å². The second-order valence-electron chi connectivity index (χ2n) is 9.01. The van der Waals surface area contributed by atoms with Crippen LogP contribution in [0.4, 0.5) is 9.59 Å². The highest BCUT2D eigenvalue weighted by Gasteiger charge is 2.26. The summed E-state index contributed by atoms with van der Waals surface area (Å²) in [7, 11) is -3.87. The molecule has 0 spiro atoms. The fraction of sp³-hybridized carbons (Fsp3) is 0.714. The molecule has 0 unspecified atom stereocenters. The lowest BCUT2D eigenvalue weighted by Crippen LogP contribution is -2.16. The quantitative estimate of drug-likeness (QED) is 0.168. The molecule has 1 heterocycles. The Balaban J connectivity index is 2.76. The molecule has 0 N–H and O–H groups in total. The van der Waals surface area contributed by atoms with Crippen molar-refractivity contribution >= 4 is 19.9 Å².